The monoisotopic (exact) mass is 225 g/mol. The van der Waals surface area contributed by atoms with E-state index in [1.165, 1.54) is 24.3 Å². The van der Waals surface area contributed by atoms with Gasteiger partial charge in [-0.05, 0) is 38.5 Å². The van der Waals surface area contributed by atoms with Gasteiger partial charge in [-0.15, -0.1) is 0 Å². The van der Waals surface area contributed by atoms with Crippen molar-refractivity contribution in [2.75, 3.05) is 5.75 Å². The fourth-order valence-electron chi connectivity index (χ4n) is 2.23. The molecule has 1 aliphatic rings. The zero-order chi connectivity index (χ0) is 10.9. The van der Waals surface area contributed by atoms with Gasteiger partial charge < -0.3 is 5.73 Å². The first-order valence-electron chi connectivity index (χ1n) is 5.58. The number of hydrogen-bond donors (Lipinski definition) is 1. The van der Waals surface area contributed by atoms with Gasteiger partial charge in [-0.1, -0.05) is 0 Å². The maximum Gasteiger partial charge on any atom is 0.0613 e. The van der Waals surface area contributed by atoms with Crippen LogP contribution >= 0.6 is 11.8 Å². The van der Waals surface area contributed by atoms with Crippen molar-refractivity contribution >= 4 is 11.8 Å². The van der Waals surface area contributed by atoms with Crippen molar-refractivity contribution in [1.82, 2.24) is 9.78 Å². The molecule has 0 radical (unpaired) electrons. The highest BCUT2D eigenvalue weighted by atomic mass is 32.2. The number of rotatable bonds is 3. The van der Waals surface area contributed by atoms with E-state index in [0.29, 0.717) is 0 Å². The second-order valence-corrected chi connectivity index (χ2v) is 5.94. The Balaban J connectivity index is 2.23. The Hall–Kier alpha value is -0.480. The molecule has 0 spiro atoms. The number of aromatic nitrogens is 2. The number of hydrogen-bond acceptors (Lipinski definition) is 3. The molecule has 0 aliphatic carbocycles. The summed E-state index contributed by atoms with van der Waals surface area (Å²) < 4.78 is 2.21. The summed E-state index contributed by atoms with van der Waals surface area (Å²) in [5.41, 5.74) is 7.55. The summed E-state index contributed by atoms with van der Waals surface area (Å²) in [6.07, 6.45) is 4.35. The smallest absolute Gasteiger partial charge is 0.0613 e. The van der Waals surface area contributed by atoms with Crippen molar-refractivity contribution in [3.05, 3.63) is 18.0 Å². The average molecular weight is 225 g/mol. The van der Waals surface area contributed by atoms with Gasteiger partial charge in [0.15, 0.2) is 0 Å². The largest absolute Gasteiger partial charge is 0.322 e. The van der Waals surface area contributed by atoms with Gasteiger partial charge in [-0.2, -0.15) is 16.9 Å². The third-order valence-corrected chi connectivity index (χ3v) is 4.89. The quantitative estimate of drug-likeness (QED) is 0.857. The Morgan fingerprint density at radius 3 is 3.13 bits per heavy atom. The highest BCUT2D eigenvalue weighted by molar-refractivity contribution is 8.00. The van der Waals surface area contributed by atoms with E-state index >= 15 is 0 Å². The third-order valence-electron chi connectivity index (χ3n) is 3.27. The van der Waals surface area contributed by atoms with E-state index < -0.39 is 0 Å². The molecule has 2 rings (SSSR count). The van der Waals surface area contributed by atoms with E-state index in [-0.39, 0.29) is 10.8 Å². The van der Waals surface area contributed by atoms with Crippen LogP contribution in [0.5, 0.6) is 0 Å². The third kappa shape index (κ3) is 1.93. The number of thioether (sulfide) groups is 1. The molecule has 4 heteroatoms. The van der Waals surface area contributed by atoms with Crippen LogP contribution in [0.4, 0.5) is 0 Å². The minimum absolute atomic E-state index is 0.104. The minimum atomic E-state index is 0.104. The van der Waals surface area contributed by atoms with Crippen molar-refractivity contribution in [2.45, 2.75) is 44.0 Å². The van der Waals surface area contributed by atoms with Crippen molar-refractivity contribution < 1.29 is 0 Å². The molecule has 1 aromatic rings. The standard InChI is InChI=1S/C11H19N3S/c1-3-14-9(5-7-13-14)10(12)11(2)6-4-8-15-11/h5,7,10H,3-4,6,8,12H2,1-2H3. The van der Waals surface area contributed by atoms with Gasteiger partial charge >= 0.3 is 0 Å². The molecule has 84 valence electrons. The van der Waals surface area contributed by atoms with E-state index in [0.717, 1.165) is 6.54 Å². The predicted octanol–water partition coefficient (Wildman–Crippen LogP) is 2.19. The molecular formula is C11H19N3S. The van der Waals surface area contributed by atoms with Crippen molar-refractivity contribution in [3.63, 3.8) is 0 Å². The van der Waals surface area contributed by atoms with Crippen LogP contribution in [0.15, 0.2) is 12.3 Å². The fraction of sp³-hybridized carbons (Fsp3) is 0.727. The topological polar surface area (TPSA) is 43.8 Å². The molecule has 1 aromatic heterocycles. The number of nitrogens with two attached hydrogens (primary N) is 1. The van der Waals surface area contributed by atoms with Crippen LogP contribution < -0.4 is 5.73 Å². The summed E-state index contributed by atoms with van der Waals surface area (Å²) in [6.45, 7) is 5.28. The highest BCUT2D eigenvalue weighted by Gasteiger charge is 2.37. The lowest BCUT2D eigenvalue weighted by Crippen LogP contribution is -2.34. The van der Waals surface area contributed by atoms with Crippen molar-refractivity contribution in [3.8, 4) is 0 Å². The maximum absolute atomic E-state index is 6.37. The lowest BCUT2D eigenvalue weighted by molar-refractivity contribution is 0.462. The molecule has 3 nitrogen and oxygen atoms in total. The van der Waals surface area contributed by atoms with Gasteiger partial charge in [0.25, 0.3) is 0 Å². The first kappa shape index (κ1) is 11.0. The van der Waals surface area contributed by atoms with Gasteiger partial charge in [0.05, 0.1) is 11.7 Å². The molecule has 2 unspecified atom stereocenters. The summed E-state index contributed by atoms with van der Waals surface area (Å²) in [6, 6.07) is 2.16. The fourth-order valence-corrected chi connectivity index (χ4v) is 3.57. The second-order valence-electron chi connectivity index (χ2n) is 4.31. The Bertz CT molecular complexity index is 328. The molecule has 2 N–H and O–H groups in total. The Morgan fingerprint density at radius 1 is 1.73 bits per heavy atom. The SMILES string of the molecule is CCn1nccc1C(N)C1(C)CCCS1. The van der Waals surface area contributed by atoms with Crippen LogP contribution in [0.2, 0.25) is 0 Å². The first-order valence-corrected chi connectivity index (χ1v) is 6.57. The summed E-state index contributed by atoms with van der Waals surface area (Å²) >= 11 is 2.00. The van der Waals surface area contributed by atoms with Gasteiger partial charge in [0.1, 0.15) is 0 Å². The highest BCUT2D eigenvalue weighted by Crippen LogP contribution is 2.45. The summed E-state index contributed by atoms with van der Waals surface area (Å²) in [5, 5.41) is 4.29. The molecule has 1 aliphatic heterocycles. The predicted molar refractivity (Wildman–Crippen MR) is 64.9 cm³/mol. The van der Waals surface area contributed by atoms with Crippen LogP contribution in [-0.2, 0) is 6.54 Å². The molecule has 1 fully saturated rings. The summed E-state index contributed by atoms with van der Waals surface area (Å²) in [4.78, 5) is 0. The molecule has 2 atom stereocenters. The normalized spacial score (nSPS) is 28.2. The molecule has 0 aromatic carbocycles. The lowest BCUT2D eigenvalue weighted by atomic mass is 9.94. The Morgan fingerprint density at radius 2 is 2.53 bits per heavy atom. The maximum atomic E-state index is 6.37. The Kier molecular flexibility index (Phi) is 3.07. The molecule has 15 heavy (non-hydrogen) atoms. The van der Waals surface area contributed by atoms with Crippen LogP contribution in [0, 0.1) is 0 Å². The van der Waals surface area contributed by atoms with Crippen LogP contribution in [0.1, 0.15) is 38.4 Å². The van der Waals surface area contributed by atoms with E-state index in [2.05, 4.69) is 25.0 Å². The molecule has 1 saturated heterocycles. The first-order chi connectivity index (χ1) is 7.17. The van der Waals surface area contributed by atoms with E-state index in [4.69, 9.17) is 5.73 Å². The van der Waals surface area contributed by atoms with E-state index in [1.54, 1.807) is 0 Å². The Labute approximate surface area is 95.4 Å². The molecular weight excluding hydrogens is 206 g/mol. The van der Waals surface area contributed by atoms with Crippen LogP contribution in [-0.4, -0.2) is 20.3 Å². The van der Waals surface area contributed by atoms with Gasteiger partial charge in [0.2, 0.25) is 0 Å². The molecule has 0 bridgehead atoms. The average Bonchev–Trinajstić information content (AvgIpc) is 2.85. The zero-order valence-corrected chi connectivity index (χ0v) is 10.3. The van der Waals surface area contributed by atoms with Crippen molar-refractivity contribution in [1.29, 1.82) is 0 Å². The molecule has 0 amide bonds. The van der Waals surface area contributed by atoms with E-state index in [1.807, 2.05) is 22.6 Å². The van der Waals surface area contributed by atoms with Gasteiger partial charge in [0, 0.05) is 17.5 Å². The van der Waals surface area contributed by atoms with Crippen molar-refractivity contribution in [2.24, 2.45) is 5.73 Å². The van der Waals surface area contributed by atoms with Crippen LogP contribution in [0.3, 0.4) is 0 Å². The van der Waals surface area contributed by atoms with Gasteiger partial charge in [-0.3, -0.25) is 4.68 Å². The second kappa shape index (κ2) is 4.18. The van der Waals surface area contributed by atoms with Crippen LogP contribution in [0.25, 0.3) is 0 Å². The molecule has 0 saturated carbocycles. The number of nitrogens with zero attached hydrogens (tertiary/aromatic N) is 2. The summed E-state index contributed by atoms with van der Waals surface area (Å²) in [5.74, 6) is 1.24. The minimum Gasteiger partial charge on any atom is -0.322 e. The van der Waals surface area contributed by atoms with Gasteiger partial charge in [-0.25, -0.2) is 0 Å². The van der Waals surface area contributed by atoms with E-state index in [9.17, 15) is 0 Å². The number of aryl methyl sites for hydroxylation is 1. The summed E-state index contributed by atoms with van der Waals surface area (Å²) in [7, 11) is 0. The lowest BCUT2D eigenvalue weighted by Gasteiger charge is -2.30. The zero-order valence-electron chi connectivity index (χ0n) is 9.44. The molecule has 2 heterocycles.